The molecule has 1 nitrogen and oxygen atoms in total. The summed E-state index contributed by atoms with van der Waals surface area (Å²) < 4.78 is 0. The second-order valence-electron chi connectivity index (χ2n) is 2.85. The van der Waals surface area contributed by atoms with Crippen molar-refractivity contribution in [1.82, 2.24) is 0 Å². The molecule has 82 valence electrons. The van der Waals surface area contributed by atoms with Gasteiger partial charge in [-0.1, -0.05) is 61.9 Å². The van der Waals surface area contributed by atoms with Crippen LogP contribution in [-0.2, 0) is 0 Å². The van der Waals surface area contributed by atoms with E-state index in [2.05, 4.69) is 49.4 Å². The molecular formula is C14H20O. The van der Waals surface area contributed by atoms with Crippen molar-refractivity contribution in [2.45, 2.75) is 20.8 Å². The van der Waals surface area contributed by atoms with Crippen LogP contribution in [-0.4, -0.2) is 12.2 Å². The number of benzene rings is 2. The van der Waals surface area contributed by atoms with E-state index >= 15 is 0 Å². The molecule has 2 aromatic rings. The van der Waals surface area contributed by atoms with Crippen molar-refractivity contribution in [3.8, 4) is 0 Å². The first-order chi connectivity index (χ1) is 7.36. The third-order valence-electron chi connectivity index (χ3n) is 1.90. The summed E-state index contributed by atoms with van der Waals surface area (Å²) in [5, 5.41) is 9.64. The van der Waals surface area contributed by atoms with E-state index in [1.54, 1.807) is 0 Å². The minimum absolute atomic E-state index is 1.00. The Labute approximate surface area is 92.4 Å². The highest BCUT2D eigenvalue weighted by Crippen LogP contribution is 2.14. The maximum Gasteiger partial charge on any atom is 0.0319 e. The molecule has 0 heterocycles. The number of aliphatic hydroxyl groups excluding tert-OH is 1. The molecule has 0 bridgehead atoms. The molecule has 0 aliphatic carbocycles. The molecule has 0 aliphatic rings. The van der Waals surface area contributed by atoms with Gasteiger partial charge in [-0.05, 0) is 17.7 Å². The summed E-state index contributed by atoms with van der Waals surface area (Å²) in [5.41, 5.74) is 1.32. The number of aliphatic hydroxyl groups is 1. The number of rotatable bonds is 0. The summed E-state index contributed by atoms with van der Waals surface area (Å²) in [4.78, 5) is 0. The highest BCUT2D eigenvalue weighted by molar-refractivity contribution is 5.82. The zero-order chi connectivity index (χ0) is 11.7. The Hall–Kier alpha value is -1.34. The van der Waals surface area contributed by atoms with Crippen molar-refractivity contribution >= 4 is 10.8 Å². The lowest BCUT2D eigenvalue weighted by Crippen LogP contribution is -1.73. The third kappa shape index (κ3) is 4.13. The van der Waals surface area contributed by atoms with Crippen LogP contribution in [0.2, 0.25) is 0 Å². The Morgan fingerprint density at radius 3 is 1.93 bits per heavy atom. The van der Waals surface area contributed by atoms with E-state index in [-0.39, 0.29) is 0 Å². The van der Waals surface area contributed by atoms with Crippen molar-refractivity contribution in [2.75, 3.05) is 7.11 Å². The fourth-order valence-corrected chi connectivity index (χ4v) is 1.31. The average molecular weight is 204 g/mol. The monoisotopic (exact) mass is 204 g/mol. The number of aryl methyl sites for hydroxylation is 1. The molecule has 0 radical (unpaired) electrons. The fraction of sp³-hybridized carbons (Fsp3) is 0.286. The fourth-order valence-electron chi connectivity index (χ4n) is 1.31. The second kappa shape index (κ2) is 8.01. The van der Waals surface area contributed by atoms with E-state index in [4.69, 9.17) is 5.11 Å². The number of hydrogen-bond acceptors (Lipinski definition) is 1. The Balaban J connectivity index is 0.000000442. The smallest absolute Gasteiger partial charge is 0.0319 e. The van der Waals surface area contributed by atoms with Crippen LogP contribution in [0.25, 0.3) is 10.8 Å². The molecule has 0 unspecified atom stereocenters. The van der Waals surface area contributed by atoms with Gasteiger partial charge in [0, 0.05) is 7.11 Å². The van der Waals surface area contributed by atoms with Crippen molar-refractivity contribution in [1.29, 1.82) is 0 Å². The predicted octanol–water partition coefficient (Wildman–Crippen LogP) is 3.78. The van der Waals surface area contributed by atoms with E-state index in [1.807, 2.05) is 13.8 Å². The van der Waals surface area contributed by atoms with Crippen LogP contribution >= 0.6 is 0 Å². The van der Waals surface area contributed by atoms with Crippen LogP contribution < -0.4 is 0 Å². The minimum Gasteiger partial charge on any atom is -0.400 e. The molecule has 0 atom stereocenters. The van der Waals surface area contributed by atoms with Gasteiger partial charge in [0.1, 0.15) is 0 Å². The standard InChI is InChI=1S/C11H10.C2H6.CH4O/c1-9-6-7-10-4-2-3-5-11(10)8-9;2*1-2/h2-8H,1H3;1-2H3;2H,1H3. The van der Waals surface area contributed by atoms with Crippen LogP contribution in [0.15, 0.2) is 42.5 Å². The maximum absolute atomic E-state index is 7.00. The zero-order valence-corrected chi connectivity index (χ0v) is 9.99. The van der Waals surface area contributed by atoms with Crippen molar-refractivity contribution in [3.63, 3.8) is 0 Å². The van der Waals surface area contributed by atoms with Crippen molar-refractivity contribution in [2.24, 2.45) is 0 Å². The molecule has 0 aromatic heterocycles. The summed E-state index contributed by atoms with van der Waals surface area (Å²) in [6, 6.07) is 14.9. The molecule has 1 heteroatoms. The lowest BCUT2D eigenvalue weighted by molar-refractivity contribution is 0.399. The summed E-state index contributed by atoms with van der Waals surface area (Å²) >= 11 is 0. The summed E-state index contributed by atoms with van der Waals surface area (Å²) in [6.07, 6.45) is 0. The highest BCUT2D eigenvalue weighted by Gasteiger charge is 1.89. The maximum atomic E-state index is 7.00. The quantitative estimate of drug-likeness (QED) is 0.692. The molecule has 0 amide bonds. The first-order valence-electron chi connectivity index (χ1n) is 5.26. The third-order valence-corrected chi connectivity index (χ3v) is 1.90. The van der Waals surface area contributed by atoms with E-state index in [1.165, 1.54) is 16.3 Å². The van der Waals surface area contributed by atoms with Crippen molar-refractivity contribution < 1.29 is 5.11 Å². The van der Waals surface area contributed by atoms with Gasteiger partial charge in [-0.3, -0.25) is 0 Å². The van der Waals surface area contributed by atoms with Gasteiger partial charge in [0.25, 0.3) is 0 Å². The molecule has 2 rings (SSSR count). The average Bonchev–Trinajstić information content (AvgIpc) is 2.34. The Bertz CT molecular complexity index is 380. The first-order valence-corrected chi connectivity index (χ1v) is 5.26. The zero-order valence-electron chi connectivity index (χ0n) is 9.99. The van der Waals surface area contributed by atoms with Gasteiger partial charge in [-0.15, -0.1) is 0 Å². The first kappa shape index (κ1) is 13.7. The lowest BCUT2D eigenvalue weighted by atomic mass is 10.1. The Morgan fingerprint density at radius 2 is 1.33 bits per heavy atom. The summed E-state index contributed by atoms with van der Waals surface area (Å²) in [6.45, 7) is 6.12. The van der Waals surface area contributed by atoms with Crippen LogP contribution in [0.4, 0.5) is 0 Å². The molecular weight excluding hydrogens is 184 g/mol. The molecule has 15 heavy (non-hydrogen) atoms. The Morgan fingerprint density at radius 1 is 0.800 bits per heavy atom. The predicted molar refractivity (Wildman–Crippen MR) is 68.2 cm³/mol. The normalized spacial score (nSPS) is 8.33. The Kier molecular flexibility index (Phi) is 7.29. The van der Waals surface area contributed by atoms with Gasteiger partial charge in [0.05, 0.1) is 0 Å². The SMILES string of the molecule is CC.CO.Cc1ccc2ccccc2c1. The highest BCUT2D eigenvalue weighted by atomic mass is 16.2. The topological polar surface area (TPSA) is 20.2 Å². The van der Waals surface area contributed by atoms with E-state index in [0.29, 0.717) is 0 Å². The van der Waals surface area contributed by atoms with E-state index in [0.717, 1.165) is 7.11 Å². The molecule has 1 N–H and O–H groups in total. The van der Waals surface area contributed by atoms with Crippen LogP contribution in [0.3, 0.4) is 0 Å². The van der Waals surface area contributed by atoms with Gasteiger partial charge in [0.2, 0.25) is 0 Å². The molecule has 0 saturated heterocycles. The van der Waals surface area contributed by atoms with Crippen LogP contribution in [0.5, 0.6) is 0 Å². The summed E-state index contributed by atoms with van der Waals surface area (Å²) in [5.74, 6) is 0. The van der Waals surface area contributed by atoms with Crippen LogP contribution in [0.1, 0.15) is 19.4 Å². The van der Waals surface area contributed by atoms with Gasteiger partial charge >= 0.3 is 0 Å². The number of hydrogen-bond donors (Lipinski definition) is 1. The molecule has 0 aliphatic heterocycles. The number of fused-ring (bicyclic) bond motifs is 1. The molecule has 0 saturated carbocycles. The molecule has 0 fully saturated rings. The van der Waals surface area contributed by atoms with E-state index < -0.39 is 0 Å². The van der Waals surface area contributed by atoms with Gasteiger partial charge in [-0.25, -0.2) is 0 Å². The van der Waals surface area contributed by atoms with Gasteiger partial charge < -0.3 is 5.11 Å². The second-order valence-corrected chi connectivity index (χ2v) is 2.85. The molecule has 2 aromatic carbocycles. The minimum atomic E-state index is 1.00. The lowest BCUT2D eigenvalue weighted by Gasteiger charge is -1.96. The van der Waals surface area contributed by atoms with Crippen LogP contribution in [0, 0.1) is 6.92 Å². The van der Waals surface area contributed by atoms with E-state index in [9.17, 15) is 0 Å². The largest absolute Gasteiger partial charge is 0.400 e. The van der Waals surface area contributed by atoms with Gasteiger partial charge in [-0.2, -0.15) is 0 Å². The summed E-state index contributed by atoms with van der Waals surface area (Å²) in [7, 11) is 1.00. The molecule has 0 spiro atoms. The van der Waals surface area contributed by atoms with Crippen molar-refractivity contribution in [3.05, 3.63) is 48.0 Å². The van der Waals surface area contributed by atoms with Gasteiger partial charge in [0.15, 0.2) is 0 Å².